The predicted molar refractivity (Wildman–Crippen MR) is 117 cm³/mol. The number of esters is 1. The standard InChI is InChI=1S/C24H26N2O6/c1-30-20-12-17-18(25-23(28)19-8-3-4-9-26(19)24(17)29)13-21(20)32-14-16-7-5-6-15(10-16)11-22(27)31-2/h5-7,10,12-13,19H,3-4,8-9,11,14H2,1-2H3,(H,25,28)/t19-/m0/s1. The molecular formula is C24H26N2O6. The fourth-order valence-electron chi connectivity index (χ4n) is 4.16. The van der Waals surface area contributed by atoms with E-state index in [2.05, 4.69) is 5.32 Å². The third-order valence-corrected chi connectivity index (χ3v) is 5.82. The quantitative estimate of drug-likeness (QED) is 0.697. The van der Waals surface area contributed by atoms with Crippen LogP contribution in [-0.4, -0.2) is 49.5 Å². The highest BCUT2D eigenvalue weighted by molar-refractivity contribution is 6.10. The van der Waals surface area contributed by atoms with Crippen molar-refractivity contribution in [3.8, 4) is 11.5 Å². The summed E-state index contributed by atoms with van der Waals surface area (Å²) in [6.45, 7) is 0.791. The number of fused-ring (bicyclic) bond motifs is 2. The minimum absolute atomic E-state index is 0.177. The van der Waals surface area contributed by atoms with Crippen LogP contribution in [0.2, 0.25) is 0 Å². The normalized spacial score (nSPS) is 17.6. The molecule has 0 spiro atoms. The Balaban J connectivity index is 1.57. The third-order valence-electron chi connectivity index (χ3n) is 5.82. The Hall–Kier alpha value is -3.55. The highest BCUT2D eigenvalue weighted by atomic mass is 16.5. The number of rotatable bonds is 6. The Morgan fingerprint density at radius 3 is 2.69 bits per heavy atom. The summed E-state index contributed by atoms with van der Waals surface area (Å²) in [6, 6.07) is 10.3. The molecule has 0 bridgehead atoms. The molecular weight excluding hydrogens is 412 g/mol. The van der Waals surface area contributed by atoms with Crippen molar-refractivity contribution >= 4 is 23.5 Å². The van der Waals surface area contributed by atoms with Gasteiger partial charge in [-0.05, 0) is 36.5 Å². The van der Waals surface area contributed by atoms with Crippen molar-refractivity contribution in [3.63, 3.8) is 0 Å². The minimum atomic E-state index is -0.448. The first-order valence-corrected chi connectivity index (χ1v) is 10.6. The fourth-order valence-corrected chi connectivity index (χ4v) is 4.16. The van der Waals surface area contributed by atoms with Crippen LogP contribution in [0.15, 0.2) is 36.4 Å². The van der Waals surface area contributed by atoms with E-state index in [0.717, 1.165) is 24.0 Å². The van der Waals surface area contributed by atoms with Gasteiger partial charge in [-0.3, -0.25) is 14.4 Å². The van der Waals surface area contributed by atoms with Gasteiger partial charge < -0.3 is 24.4 Å². The molecule has 1 fully saturated rings. The average Bonchev–Trinajstić information content (AvgIpc) is 2.91. The van der Waals surface area contributed by atoms with Crippen molar-refractivity contribution in [3.05, 3.63) is 53.1 Å². The van der Waals surface area contributed by atoms with Gasteiger partial charge in [-0.25, -0.2) is 0 Å². The van der Waals surface area contributed by atoms with Crippen LogP contribution >= 0.6 is 0 Å². The number of methoxy groups -OCH3 is 2. The Morgan fingerprint density at radius 2 is 1.91 bits per heavy atom. The molecule has 8 heteroatoms. The van der Waals surface area contributed by atoms with Crippen LogP contribution in [0.4, 0.5) is 5.69 Å². The van der Waals surface area contributed by atoms with Crippen LogP contribution < -0.4 is 14.8 Å². The molecule has 2 heterocycles. The van der Waals surface area contributed by atoms with E-state index in [1.165, 1.54) is 14.2 Å². The molecule has 168 valence electrons. The molecule has 2 amide bonds. The van der Waals surface area contributed by atoms with Crippen molar-refractivity contribution in [1.29, 1.82) is 0 Å². The van der Waals surface area contributed by atoms with Crippen LogP contribution in [0, 0.1) is 0 Å². The van der Waals surface area contributed by atoms with Crippen molar-refractivity contribution in [2.45, 2.75) is 38.3 Å². The van der Waals surface area contributed by atoms with E-state index in [4.69, 9.17) is 14.2 Å². The van der Waals surface area contributed by atoms with Gasteiger partial charge in [0.15, 0.2) is 11.5 Å². The molecule has 0 unspecified atom stereocenters. The second-order valence-corrected chi connectivity index (χ2v) is 7.91. The third kappa shape index (κ3) is 4.39. The zero-order valence-electron chi connectivity index (χ0n) is 18.2. The van der Waals surface area contributed by atoms with E-state index in [0.29, 0.717) is 35.7 Å². The first-order chi connectivity index (χ1) is 15.5. The van der Waals surface area contributed by atoms with E-state index in [-0.39, 0.29) is 30.8 Å². The van der Waals surface area contributed by atoms with E-state index in [1.54, 1.807) is 17.0 Å². The second kappa shape index (κ2) is 9.30. The van der Waals surface area contributed by atoms with Crippen LogP contribution in [0.25, 0.3) is 0 Å². The van der Waals surface area contributed by atoms with Crippen LogP contribution in [-0.2, 0) is 27.4 Å². The molecule has 1 atom stereocenters. The summed E-state index contributed by atoms with van der Waals surface area (Å²) in [5, 5.41) is 2.89. The van der Waals surface area contributed by atoms with Gasteiger partial charge in [0.25, 0.3) is 5.91 Å². The number of benzene rings is 2. The van der Waals surface area contributed by atoms with Gasteiger partial charge in [-0.2, -0.15) is 0 Å². The van der Waals surface area contributed by atoms with E-state index < -0.39 is 6.04 Å². The lowest BCUT2D eigenvalue weighted by Crippen LogP contribution is -2.47. The monoisotopic (exact) mass is 438 g/mol. The molecule has 2 aliphatic rings. The highest BCUT2D eigenvalue weighted by Crippen LogP contribution is 2.37. The Morgan fingerprint density at radius 1 is 1.09 bits per heavy atom. The zero-order chi connectivity index (χ0) is 22.7. The lowest BCUT2D eigenvalue weighted by molar-refractivity contribution is -0.139. The first-order valence-electron chi connectivity index (χ1n) is 10.6. The Labute approximate surface area is 186 Å². The van der Waals surface area contributed by atoms with Gasteiger partial charge >= 0.3 is 5.97 Å². The van der Waals surface area contributed by atoms with Gasteiger partial charge in [0.2, 0.25) is 5.91 Å². The van der Waals surface area contributed by atoms with Crippen molar-refractivity contribution in [1.82, 2.24) is 4.90 Å². The fraction of sp³-hybridized carbons (Fsp3) is 0.375. The molecule has 1 saturated heterocycles. The molecule has 32 heavy (non-hydrogen) atoms. The van der Waals surface area contributed by atoms with Crippen molar-refractivity contribution < 1.29 is 28.6 Å². The van der Waals surface area contributed by atoms with Crippen molar-refractivity contribution in [2.75, 3.05) is 26.1 Å². The molecule has 1 N–H and O–H groups in total. The smallest absolute Gasteiger partial charge is 0.309 e. The van der Waals surface area contributed by atoms with Crippen LogP contribution in [0.5, 0.6) is 11.5 Å². The zero-order valence-corrected chi connectivity index (χ0v) is 18.2. The summed E-state index contributed by atoms with van der Waals surface area (Å²) < 4.78 is 16.2. The molecule has 2 aromatic carbocycles. The number of ether oxygens (including phenoxy) is 3. The summed E-state index contributed by atoms with van der Waals surface area (Å²) in [6.07, 6.45) is 2.65. The number of anilines is 1. The number of amides is 2. The van der Waals surface area contributed by atoms with E-state index in [1.807, 2.05) is 24.3 Å². The lowest BCUT2D eigenvalue weighted by Gasteiger charge is -2.32. The number of piperidine rings is 1. The number of nitrogens with one attached hydrogen (secondary N) is 1. The summed E-state index contributed by atoms with van der Waals surface area (Å²) in [4.78, 5) is 39.0. The molecule has 0 aromatic heterocycles. The number of hydrogen-bond donors (Lipinski definition) is 1. The van der Waals surface area contributed by atoms with Gasteiger partial charge in [0, 0.05) is 12.6 Å². The SMILES string of the molecule is COC(=O)Cc1cccc(COc2cc3c(cc2OC)C(=O)N2CCCC[C@H]2C(=O)N3)c1. The lowest BCUT2D eigenvalue weighted by atomic mass is 10.0. The number of carbonyl (C=O) groups is 3. The number of hydrogen-bond acceptors (Lipinski definition) is 6. The van der Waals surface area contributed by atoms with E-state index >= 15 is 0 Å². The molecule has 0 aliphatic carbocycles. The highest BCUT2D eigenvalue weighted by Gasteiger charge is 2.37. The first kappa shape index (κ1) is 21.7. The predicted octanol–water partition coefficient (Wildman–Crippen LogP) is 2.94. The number of carbonyl (C=O) groups excluding carboxylic acids is 3. The largest absolute Gasteiger partial charge is 0.493 e. The minimum Gasteiger partial charge on any atom is -0.493 e. The van der Waals surface area contributed by atoms with Crippen molar-refractivity contribution in [2.24, 2.45) is 0 Å². The Bertz CT molecular complexity index is 1050. The molecule has 2 aliphatic heterocycles. The Kier molecular flexibility index (Phi) is 6.30. The maximum Gasteiger partial charge on any atom is 0.309 e. The van der Waals surface area contributed by atoms with Gasteiger partial charge in [-0.1, -0.05) is 24.3 Å². The van der Waals surface area contributed by atoms with Gasteiger partial charge in [-0.15, -0.1) is 0 Å². The summed E-state index contributed by atoms with van der Waals surface area (Å²) in [5.74, 6) is 0.157. The molecule has 0 saturated carbocycles. The molecule has 8 nitrogen and oxygen atoms in total. The van der Waals surface area contributed by atoms with Crippen LogP contribution in [0.1, 0.15) is 40.7 Å². The molecule has 2 aromatic rings. The average molecular weight is 438 g/mol. The van der Waals surface area contributed by atoms with E-state index in [9.17, 15) is 14.4 Å². The summed E-state index contributed by atoms with van der Waals surface area (Å²) >= 11 is 0. The summed E-state index contributed by atoms with van der Waals surface area (Å²) in [7, 11) is 2.87. The van der Waals surface area contributed by atoms with Crippen LogP contribution in [0.3, 0.4) is 0 Å². The maximum atomic E-state index is 13.1. The van der Waals surface area contributed by atoms with Gasteiger partial charge in [0.05, 0.1) is 31.9 Å². The molecule has 0 radical (unpaired) electrons. The second-order valence-electron chi connectivity index (χ2n) is 7.91. The topological polar surface area (TPSA) is 94.2 Å². The van der Waals surface area contributed by atoms with Gasteiger partial charge in [0.1, 0.15) is 12.6 Å². The maximum absolute atomic E-state index is 13.1. The number of nitrogens with zero attached hydrogens (tertiary/aromatic N) is 1. The molecule has 4 rings (SSSR count). The summed E-state index contributed by atoms with van der Waals surface area (Å²) in [5.41, 5.74) is 2.50.